The van der Waals surface area contributed by atoms with Crippen LogP contribution in [0, 0.1) is 0 Å². The van der Waals surface area contributed by atoms with Gasteiger partial charge in [0.15, 0.2) is 15.0 Å². The number of aliphatic imine (C=N–C) groups is 1. The molecule has 2 fully saturated rings. The highest BCUT2D eigenvalue weighted by molar-refractivity contribution is 8.16. The van der Waals surface area contributed by atoms with Crippen molar-refractivity contribution in [1.29, 1.82) is 0 Å². The number of thioether (sulfide) groups is 1. The van der Waals surface area contributed by atoms with Gasteiger partial charge in [-0.05, 0) is 42.0 Å². The molecular weight excluding hydrogens is 442 g/mol. The van der Waals surface area contributed by atoms with E-state index in [1.807, 2.05) is 48.2 Å². The van der Waals surface area contributed by atoms with Crippen molar-refractivity contribution in [2.24, 2.45) is 4.99 Å². The lowest BCUT2D eigenvalue weighted by Gasteiger charge is -2.25. The van der Waals surface area contributed by atoms with E-state index in [1.54, 1.807) is 24.3 Å². The zero-order valence-electron chi connectivity index (χ0n) is 16.7. The standard InChI is InChI=1S/C21H22ClN3O3S2/c1-24(2)16-7-9-17(10-8-16)25-18-12-30(27,28)13-19(18)29-21(25)23-20(26)11-14-3-5-15(22)6-4-14/h3-10,18-19H,11-13H2,1-2H3/t18-,19-/m1/s1. The molecule has 158 valence electrons. The Morgan fingerprint density at radius 1 is 1.13 bits per heavy atom. The SMILES string of the molecule is CN(C)c1ccc(N2C(=NC(=O)Cc3ccc(Cl)cc3)S[C@@H]3CS(=O)(=O)C[C@H]32)cc1. The van der Waals surface area contributed by atoms with Gasteiger partial charge in [0, 0.05) is 35.7 Å². The monoisotopic (exact) mass is 463 g/mol. The molecule has 2 aromatic carbocycles. The summed E-state index contributed by atoms with van der Waals surface area (Å²) in [4.78, 5) is 20.9. The molecular formula is C21H22ClN3O3S2. The highest BCUT2D eigenvalue weighted by Gasteiger charge is 2.49. The second-order valence-electron chi connectivity index (χ2n) is 7.67. The largest absolute Gasteiger partial charge is 0.378 e. The van der Waals surface area contributed by atoms with Gasteiger partial charge in [-0.3, -0.25) is 4.79 Å². The summed E-state index contributed by atoms with van der Waals surface area (Å²) in [5.74, 6) is -0.0821. The molecule has 0 N–H and O–H groups in total. The molecule has 0 saturated carbocycles. The lowest BCUT2D eigenvalue weighted by Crippen LogP contribution is -2.37. The van der Waals surface area contributed by atoms with Gasteiger partial charge in [-0.25, -0.2) is 8.42 Å². The van der Waals surface area contributed by atoms with Crippen LogP contribution in [-0.2, 0) is 21.1 Å². The van der Waals surface area contributed by atoms with Crippen LogP contribution >= 0.6 is 23.4 Å². The van der Waals surface area contributed by atoms with Gasteiger partial charge in [-0.1, -0.05) is 35.5 Å². The molecule has 9 heteroatoms. The minimum absolute atomic E-state index is 0.0739. The first-order chi connectivity index (χ1) is 14.2. The van der Waals surface area contributed by atoms with Crippen molar-refractivity contribution in [2.75, 3.05) is 35.4 Å². The highest BCUT2D eigenvalue weighted by atomic mass is 35.5. The van der Waals surface area contributed by atoms with Gasteiger partial charge in [0.25, 0.3) is 5.91 Å². The fraction of sp³-hybridized carbons (Fsp3) is 0.333. The Bertz CT molecular complexity index is 1080. The molecule has 0 unspecified atom stereocenters. The molecule has 1 amide bonds. The third-order valence-electron chi connectivity index (χ3n) is 5.20. The summed E-state index contributed by atoms with van der Waals surface area (Å²) in [7, 11) is 0.826. The molecule has 0 aliphatic carbocycles. The van der Waals surface area contributed by atoms with Crippen molar-refractivity contribution < 1.29 is 13.2 Å². The van der Waals surface area contributed by atoms with Gasteiger partial charge in [0.1, 0.15) is 0 Å². The number of sulfone groups is 1. The van der Waals surface area contributed by atoms with Gasteiger partial charge < -0.3 is 9.80 Å². The summed E-state index contributed by atoms with van der Waals surface area (Å²) >= 11 is 7.29. The maximum atomic E-state index is 12.6. The van der Waals surface area contributed by atoms with Gasteiger partial charge in [0.05, 0.1) is 24.0 Å². The second-order valence-corrected chi connectivity index (χ2v) is 11.5. The van der Waals surface area contributed by atoms with Crippen molar-refractivity contribution >= 4 is 55.6 Å². The maximum absolute atomic E-state index is 12.6. The average molecular weight is 464 g/mol. The molecule has 0 aromatic heterocycles. The van der Waals surface area contributed by atoms with E-state index in [0.717, 1.165) is 16.9 Å². The van der Waals surface area contributed by atoms with E-state index in [9.17, 15) is 13.2 Å². The second kappa shape index (κ2) is 8.24. The van der Waals surface area contributed by atoms with Crippen LogP contribution in [0.25, 0.3) is 0 Å². The lowest BCUT2D eigenvalue weighted by atomic mass is 10.1. The Morgan fingerprint density at radius 2 is 1.80 bits per heavy atom. The summed E-state index contributed by atoms with van der Waals surface area (Å²) in [6.07, 6.45) is 0.169. The molecule has 2 aliphatic heterocycles. The summed E-state index contributed by atoms with van der Waals surface area (Å²) in [6.45, 7) is 0. The zero-order chi connectivity index (χ0) is 21.5. The van der Waals surface area contributed by atoms with Crippen molar-refractivity contribution in [1.82, 2.24) is 0 Å². The van der Waals surface area contributed by atoms with Crippen LogP contribution in [0.3, 0.4) is 0 Å². The molecule has 2 saturated heterocycles. The first-order valence-electron chi connectivity index (χ1n) is 9.51. The van der Waals surface area contributed by atoms with E-state index in [1.165, 1.54) is 11.8 Å². The van der Waals surface area contributed by atoms with Crippen LogP contribution in [0.2, 0.25) is 5.02 Å². The number of benzene rings is 2. The molecule has 2 aliphatic rings. The molecule has 2 atom stereocenters. The zero-order valence-corrected chi connectivity index (χ0v) is 19.0. The number of rotatable bonds is 4. The summed E-state index contributed by atoms with van der Waals surface area (Å²) in [5.41, 5.74) is 2.72. The van der Waals surface area contributed by atoms with E-state index < -0.39 is 9.84 Å². The molecule has 0 spiro atoms. The molecule has 30 heavy (non-hydrogen) atoms. The van der Waals surface area contributed by atoms with Crippen LogP contribution in [0.1, 0.15) is 5.56 Å². The molecule has 6 nitrogen and oxygen atoms in total. The van der Waals surface area contributed by atoms with Crippen molar-refractivity contribution in [3.8, 4) is 0 Å². The minimum Gasteiger partial charge on any atom is -0.378 e. The first-order valence-corrected chi connectivity index (χ1v) is 12.6. The fourth-order valence-corrected chi connectivity index (χ4v) is 7.76. The van der Waals surface area contributed by atoms with Gasteiger partial charge in [-0.15, -0.1) is 0 Å². The number of amides is 1. The number of amidine groups is 1. The summed E-state index contributed by atoms with van der Waals surface area (Å²) < 4.78 is 24.4. The van der Waals surface area contributed by atoms with Crippen LogP contribution < -0.4 is 9.80 Å². The number of carbonyl (C=O) groups is 1. The number of fused-ring (bicyclic) bond motifs is 1. The Kier molecular flexibility index (Phi) is 5.83. The van der Waals surface area contributed by atoms with Crippen LogP contribution in [0.15, 0.2) is 53.5 Å². The van der Waals surface area contributed by atoms with Crippen molar-refractivity contribution in [2.45, 2.75) is 17.7 Å². The smallest absolute Gasteiger partial charge is 0.252 e. The van der Waals surface area contributed by atoms with Crippen molar-refractivity contribution in [3.63, 3.8) is 0 Å². The van der Waals surface area contributed by atoms with Crippen LogP contribution in [-0.4, -0.2) is 56.4 Å². The maximum Gasteiger partial charge on any atom is 0.252 e. The van der Waals surface area contributed by atoms with Crippen LogP contribution in [0.5, 0.6) is 0 Å². The van der Waals surface area contributed by atoms with E-state index in [2.05, 4.69) is 4.99 Å². The first kappa shape index (κ1) is 21.2. The van der Waals surface area contributed by atoms with Crippen molar-refractivity contribution in [3.05, 3.63) is 59.1 Å². The Labute approximate surface area is 185 Å². The molecule has 4 rings (SSSR count). The predicted molar refractivity (Wildman–Crippen MR) is 125 cm³/mol. The molecule has 0 radical (unpaired) electrons. The Balaban J connectivity index is 1.62. The normalized spacial score (nSPS) is 23.6. The number of hydrogen-bond donors (Lipinski definition) is 0. The number of halogens is 1. The third kappa shape index (κ3) is 4.50. The average Bonchev–Trinajstić information content (AvgIpc) is 3.14. The Hall–Kier alpha value is -2.03. The van der Waals surface area contributed by atoms with Gasteiger partial charge >= 0.3 is 0 Å². The quantitative estimate of drug-likeness (QED) is 0.693. The van der Waals surface area contributed by atoms with Gasteiger partial charge in [-0.2, -0.15) is 4.99 Å². The predicted octanol–water partition coefficient (Wildman–Crippen LogP) is 3.25. The number of anilines is 2. The lowest BCUT2D eigenvalue weighted by molar-refractivity contribution is -0.117. The fourth-order valence-electron chi connectivity index (χ4n) is 3.70. The molecule has 0 bridgehead atoms. The summed E-state index contributed by atoms with van der Waals surface area (Å²) in [5, 5.41) is 1.06. The highest BCUT2D eigenvalue weighted by Crippen LogP contribution is 2.41. The molecule has 2 aromatic rings. The van der Waals surface area contributed by atoms with E-state index in [4.69, 9.17) is 11.6 Å². The van der Waals surface area contributed by atoms with E-state index >= 15 is 0 Å². The van der Waals surface area contributed by atoms with Gasteiger partial charge in [0.2, 0.25) is 0 Å². The summed E-state index contributed by atoms with van der Waals surface area (Å²) in [6, 6.07) is 14.7. The van der Waals surface area contributed by atoms with E-state index in [0.29, 0.717) is 10.2 Å². The topological polar surface area (TPSA) is 70.0 Å². The van der Waals surface area contributed by atoms with E-state index in [-0.39, 0.29) is 35.1 Å². The Morgan fingerprint density at radius 3 is 2.43 bits per heavy atom. The van der Waals surface area contributed by atoms with Crippen LogP contribution in [0.4, 0.5) is 11.4 Å². The minimum atomic E-state index is -3.10. The number of carbonyl (C=O) groups excluding carboxylic acids is 1. The molecule has 2 heterocycles. The number of nitrogens with zero attached hydrogens (tertiary/aromatic N) is 3. The third-order valence-corrected chi connectivity index (χ3v) is 8.66. The number of hydrogen-bond acceptors (Lipinski definition) is 5.